The normalized spacial score (nSPS) is 16.4. The summed E-state index contributed by atoms with van der Waals surface area (Å²) in [6.07, 6.45) is 0. The van der Waals surface area contributed by atoms with Gasteiger partial charge in [-0.05, 0) is 25.1 Å². The van der Waals surface area contributed by atoms with E-state index in [1.54, 1.807) is 6.92 Å². The largest absolute Gasteiger partial charge is 0.341 e. The predicted molar refractivity (Wildman–Crippen MR) is 87.0 cm³/mol. The van der Waals surface area contributed by atoms with E-state index in [1.165, 1.54) is 27.4 Å². The van der Waals surface area contributed by atoms with Crippen LogP contribution >= 0.6 is 23.2 Å². The fraction of sp³-hybridized carbons (Fsp3) is 0.462. The second-order valence-electron chi connectivity index (χ2n) is 4.81. The number of hydrogen-bond acceptors (Lipinski definition) is 4. The Labute approximate surface area is 145 Å². The van der Waals surface area contributed by atoms with Gasteiger partial charge >= 0.3 is 6.03 Å². The van der Waals surface area contributed by atoms with Gasteiger partial charge in [-0.3, -0.25) is 4.84 Å². The molecule has 0 radical (unpaired) electrons. The number of piperazine rings is 1. The fourth-order valence-electron chi connectivity index (χ4n) is 2.14. The molecule has 0 aromatic heterocycles. The van der Waals surface area contributed by atoms with Gasteiger partial charge in [-0.2, -0.15) is 4.31 Å². The number of carbonyl (C=O) groups excluding carboxylic acids is 1. The molecule has 2 amide bonds. The topological polar surface area (TPSA) is 79.0 Å². The number of hydrogen-bond donors (Lipinski definition) is 1. The minimum absolute atomic E-state index is 0.0288. The number of nitrogens with zero attached hydrogens (tertiary/aromatic N) is 2. The molecule has 1 aliphatic rings. The van der Waals surface area contributed by atoms with Crippen LogP contribution in [0.5, 0.6) is 0 Å². The summed E-state index contributed by atoms with van der Waals surface area (Å²) in [5.74, 6) is 0. The lowest BCUT2D eigenvalue weighted by atomic mass is 10.4. The van der Waals surface area contributed by atoms with Crippen LogP contribution in [0.25, 0.3) is 0 Å². The Kier molecular flexibility index (Phi) is 6.10. The highest BCUT2D eigenvalue weighted by atomic mass is 35.5. The Morgan fingerprint density at radius 3 is 2.52 bits per heavy atom. The van der Waals surface area contributed by atoms with Crippen LogP contribution in [-0.2, 0) is 14.9 Å². The summed E-state index contributed by atoms with van der Waals surface area (Å²) in [5.41, 5.74) is 2.28. The van der Waals surface area contributed by atoms with Crippen molar-refractivity contribution in [1.82, 2.24) is 14.7 Å². The van der Waals surface area contributed by atoms with Gasteiger partial charge in [0.25, 0.3) is 0 Å². The van der Waals surface area contributed by atoms with E-state index < -0.39 is 10.0 Å². The first kappa shape index (κ1) is 18.3. The number of nitrogens with one attached hydrogen (secondary N) is 1. The highest BCUT2D eigenvalue weighted by molar-refractivity contribution is 7.89. The van der Waals surface area contributed by atoms with Gasteiger partial charge in [-0.15, -0.1) is 0 Å². The molecule has 0 saturated carbocycles. The average Bonchev–Trinajstić information content (AvgIpc) is 2.54. The molecule has 1 N–H and O–H groups in total. The third kappa shape index (κ3) is 4.27. The summed E-state index contributed by atoms with van der Waals surface area (Å²) in [6.45, 7) is 2.97. The molecule has 128 valence electrons. The van der Waals surface area contributed by atoms with E-state index in [0.29, 0.717) is 11.6 Å². The Morgan fingerprint density at radius 2 is 1.91 bits per heavy atom. The number of amides is 2. The maximum atomic E-state index is 12.6. The van der Waals surface area contributed by atoms with Crippen LogP contribution in [0.2, 0.25) is 10.0 Å². The maximum absolute atomic E-state index is 12.6. The van der Waals surface area contributed by atoms with Crippen molar-refractivity contribution in [2.45, 2.75) is 11.8 Å². The summed E-state index contributed by atoms with van der Waals surface area (Å²) in [4.78, 5) is 18.1. The Balaban J connectivity index is 2.07. The summed E-state index contributed by atoms with van der Waals surface area (Å²) >= 11 is 11.8. The molecule has 1 saturated heterocycles. The molecular formula is C13H17Cl2N3O4S. The lowest BCUT2D eigenvalue weighted by molar-refractivity contribution is 0.0515. The van der Waals surface area contributed by atoms with Crippen LogP contribution in [0.15, 0.2) is 23.1 Å². The first-order chi connectivity index (χ1) is 10.9. The Morgan fingerprint density at radius 1 is 1.26 bits per heavy atom. The smallest absolute Gasteiger partial charge is 0.320 e. The molecule has 0 aliphatic carbocycles. The van der Waals surface area contributed by atoms with Gasteiger partial charge in [-0.25, -0.2) is 18.7 Å². The van der Waals surface area contributed by atoms with Gasteiger partial charge in [0.2, 0.25) is 10.0 Å². The molecule has 1 fully saturated rings. The quantitative estimate of drug-likeness (QED) is 0.808. The van der Waals surface area contributed by atoms with E-state index >= 15 is 0 Å². The van der Waals surface area contributed by atoms with Gasteiger partial charge in [0.1, 0.15) is 4.90 Å². The highest BCUT2D eigenvalue weighted by Crippen LogP contribution is 2.28. The number of carbonyl (C=O) groups is 1. The molecule has 1 heterocycles. The van der Waals surface area contributed by atoms with Crippen LogP contribution < -0.4 is 5.48 Å². The lowest BCUT2D eigenvalue weighted by Crippen LogP contribution is -2.53. The zero-order valence-electron chi connectivity index (χ0n) is 12.5. The SMILES string of the molecule is CCONC(=O)N1CCN(S(=O)(=O)c2cc(Cl)ccc2Cl)CC1. The van der Waals surface area contributed by atoms with E-state index in [4.69, 9.17) is 28.0 Å². The van der Waals surface area contributed by atoms with Crippen molar-refractivity contribution in [3.8, 4) is 0 Å². The first-order valence-corrected chi connectivity index (χ1v) is 9.17. The minimum atomic E-state index is -3.75. The van der Waals surface area contributed by atoms with Crippen molar-refractivity contribution >= 4 is 39.3 Å². The standard InChI is InChI=1S/C13H17Cl2N3O4S/c1-2-22-16-13(19)17-5-7-18(8-6-17)23(20,21)12-9-10(14)3-4-11(12)15/h3-4,9H,2,5-8H2,1H3,(H,16,19). The molecular weight excluding hydrogens is 365 g/mol. The van der Waals surface area contributed by atoms with Gasteiger partial charge in [0.05, 0.1) is 11.6 Å². The number of sulfonamides is 1. The van der Waals surface area contributed by atoms with Crippen LogP contribution in [0.4, 0.5) is 4.79 Å². The van der Waals surface area contributed by atoms with E-state index in [0.717, 1.165) is 0 Å². The van der Waals surface area contributed by atoms with Crippen molar-refractivity contribution in [2.75, 3.05) is 32.8 Å². The van der Waals surface area contributed by atoms with Crippen LogP contribution in [0.3, 0.4) is 0 Å². The second kappa shape index (κ2) is 7.67. The Bertz CT molecular complexity index is 676. The summed E-state index contributed by atoms with van der Waals surface area (Å²) in [5, 5.41) is 0.411. The molecule has 1 aromatic rings. The molecule has 0 bridgehead atoms. The molecule has 7 nitrogen and oxygen atoms in total. The second-order valence-corrected chi connectivity index (χ2v) is 7.56. The molecule has 23 heavy (non-hydrogen) atoms. The van der Waals surface area contributed by atoms with E-state index in [2.05, 4.69) is 5.48 Å². The molecule has 1 aromatic carbocycles. The molecule has 1 aliphatic heterocycles. The highest BCUT2D eigenvalue weighted by Gasteiger charge is 2.31. The van der Waals surface area contributed by atoms with Gasteiger partial charge in [0.15, 0.2) is 0 Å². The van der Waals surface area contributed by atoms with Crippen molar-refractivity contribution in [1.29, 1.82) is 0 Å². The lowest BCUT2D eigenvalue weighted by Gasteiger charge is -2.33. The zero-order valence-corrected chi connectivity index (χ0v) is 14.8. The summed E-state index contributed by atoms with van der Waals surface area (Å²) in [6, 6.07) is 3.92. The number of urea groups is 1. The Hall–Kier alpha value is -1.06. The van der Waals surface area contributed by atoms with Gasteiger partial charge < -0.3 is 4.90 Å². The number of hydroxylamine groups is 1. The van der Waals surface area contributed by atoms with Gasteiger partial charge in [-0.1, -0.05) is 23.2 Å². The summed E-state index contributed by atoms with van der Waals surface area (Å²) < 4.78 is 26.6. The molecule has 0 unspecified atom stereocenters. The molecule has 2 rings (SSSR count). The molecule has 0 spiro atoms. The van der Waals surface area contributed by atoms with E-state index in [9.17, 15) is 13.2 Å². The number of rotatable bonds is 4. The van der Waals surface area contributed by atoms with Gasteiger partial charge in [0, 0.05) is 31.2 Å². The number of halogens is 2. The monoisotopic (exact) mass is 381 g/mol. The van der Waals surface area contributed by atoms with Crippen molar-refractivity contribution < 1.29 is 18.0 Å². The third-order valence-corrected chi connectivity index (χ3v) is 5.96. The minimum Gasteiger partial charge on any atom is -0.320 e. The van der Waals surface area contributed by atoms with E-state index in [-0.39, 0.29) is 42.1 Å². The number of benzene rings is 1. The third-order valence-electron chi connectivity index (χ3n) is 3.34. The average molecular weight is 382 g/mol. The van der Waals surface area contributed by atoms with Crippen LogP contribution in [0, 0.1) is 0 Å². The van der Waals surface area contributed by atoms with Crippen LogP contribution in [-0.4, -0.2) is 56.4 Å². The first-order valence-electron chi connectivity index (χ1n) is 6.98. The zero-order chi connectivity index (χ0) is 17.0. The van der Waals surface area contributed by atoms with Crippen molar-refractivity contribution in [3.63, 3.8) is 0 Å². The van der Waals surface area contributed by atoms with Crippen molar-refractivity contribution in [2.24, 2.45) is 0 Å². The predicted octanol–water partition coefficient (Wildman–Crippen LogP) is 1.96. The molecule has 10 heteroatoms. The fourth-order valence-corrected chi connectivity index (χ4v) is 4.30. The maximum Gasteiger partial charge on any atom is 0.341 e. The summed E-state index contributed by atoms with van der Waals surface area (Å²) in [7, 11) is -3.75. The molecule has 0 atom stereocenters. The van der Waals surface area contributed by atoms with E-state index in [1.807, 2.05) is 0 Å². The van der Waals surface area contributed by atoms with Crippen LogP contribution in [0.1, 0.15) is 6.92 Å². The van der Waals surface area contributed by atoms with Crippen molar-refractivity contribution in [3.05, 3.63) is 28.2 Å².